The molecule has 0 aliphatic carbocycles. The molecule has 4 rings (SSSR count). The summed E-state index contributed by atoms with van der Waals surface area (Å²) in [7, 11) is 5.72. The van der Waals surface area contributed by atoms with Gasteiger partial charge in [0.1, 0.15) is 16.9 Å². The Labute approximate surface area is 214 Å². The molecule has 2 N–H and O–H groups in total. The van der Waals surface area contributed by atoms with E-state index in [0.29, 0.717) is 31.1 Å². The molecule has 2 saturated heterocycles. The molecule has 2 aliphatic rings. The maximum Gasteiger partial charge on any atom is 0.247 e. The van der Waals surface area contributed by atoms with Gasteiger partial charge < -0.3 is 34.6 Å². The molecule has 0 radical (unpaired) electrons. The smallest absolute Gasteiger partial charge is 0.247 e. The van der Waals surface area contributed by atoms with Gasteiger partial charge in [-0.25, -0.2) is 9.37 Å². The number of carbonyl (C=O) groups is 1. The zero-order chi connectivity index (χ0) is 25.8. The number of carbonyl (C=O) groups excluding carboxylic acids is 1. The number of fused-ring (bicyclic) bond motifs is 1. The Balaban J connectivity index is 1.56. The van der Waals surface area contributed by atoms with Crippen molar-refractivity contribution in [1.29, 1.82) is 0 Å². The SMILES string of the molecule is C=CC(=O)Nc1cc(Nc2ncc(Cl)c(O[C@H]3CO[C@H]4CCO[C@H]43)n2)c(F)cc1N(C)CCN(C)C. The van der Waals surface area contributed by atoms with Gasteiger partial charge in [-0.2, -0.15) is 4.98 Å². The van der Waals surface area contributed by atoms with Gasteiger partial charge in [0.25, 0.3) is 0 Å². The molecule has 2 aromatic rings. The lowest BCUT2D eigenvalue weighted by molar-refractivity contribution is -0.111. The van der Waals surface area contributed by atoms with E-state index in [1.54, 1.807) is 0 Å². The lowest BCUT2D eigenvalue weighted by Crippen LogP contribution is -2.32. The van der Waals surface area contributed by atoms with Crippen LogP contribution in [-0.2, 0) is 14.3 Å². The van der Waals surface area contributed by atoms with Gasteiger partial charge in [0.2, 0.25) is 17.7 Å². The molecule has 1 aromatic heterocycles. The van der Waals surface area contributed by atoms with Crippen LogP contribution in [0, 0.1) is 5.82 Å². The molecule has 2 aliphatic heterocycles. The molecule has 1 aromatic carbocycles. The van der Waals surface area contributed by atoms with Crippen LogP contribution in [0.4, 0.5) is 27.4 Å². The molecule has 12 heteroatoms. The second-order valence-electron chi connectivity index (χ2n) is 8.89. The van der Waals surface area contributed by atoms with Gasteiger partial charge in [0.05, 0.1) is 36.0 Å². The molecule has 36 heavy (non-hydrogen) atoms. The molecular weight excluding hydrogens is 491 g/mol. The van der Waals surface area contributed by atoms with Crippen molar-refractivity contribution in [2.75, 3.05) is 63.0 Å². The zero-order valence-corrected chi connectivity index (χ0v) is 21.2. The van der Waals surface area contributed by atoms with Crippen molar-refractivity contribution in [3.05, 3.63) is 41.8 Å². The van der Waals surface area contributed by atoms with Crippen LogP contribution >= 0.6 is 11.6 Å². The number of rotatable bonds is 10. The highest BCUT2D eigenvalue weighted by Gasteiger charge is 2.43. The number of nitrogens with one attached hydrogen (secondary N) is 2. The van der Waals surface area contributed by atoms with Crippen LogP contribution in [0.15, 0.2) is 31.0 Å². The third-order valence-corrected chi connectivity index (χ3v) is 6.22. The first-order valence-electron chi connectivity index (χ1n) is 11.6. The quantitative estimate of drug-likeness (QED) is 0.458. The summed E-state index contributed by atoms with van der Waals surface area (Å²) in [6.07, 6.45) is 2.80. The Morgan fingerprint density at radius 2 is 2.11 bits per heavy atom. The van der Waals surface area contributed by atoms with E-state index in [1.807, 2.05) is 30.9 Å². The molecule has 2 fully saturated rings. The van der Waals surface area contributed by atoms with Gasteiger partial charge in [0.15, 0.2) is 6.10 Å². The first-order chi connectivity index (χ1) is 17.2. The third-order valence-electron chi connectivity index (χ3n) is 5.96. The van der Waals surface area contributed by atoms with Crippen LogP contribution in [0.3, 0.4) is 0 Å². The summed E-state index contributed by atoms with van der Waals surface area (Å²) in [4.78, 5) is 24.4. The number of nitrogens with zero attached hydrogens (tertiary/aromatic N) is 4. The maximum absolute atomic E-state index is 15.2. The van der Waals surface area contributed by atoms with Crippen molar-refractivity contribution in [1.82, 2.24) is 14.9 Å². The van der Waals surface area contributed by atoms with Gasteiger partial charge in [-0.15, -0.1) is 0 Å². The lowest BCUT2D eigenvalue weighted by Gasteiger charge is -2.25. The molecule has 1 amide bonds. The fourth-order valence-electron chi connectivity index (χ4n) is 4.02. The first kappa shape index (κ1) is 26.1. The van der Waals surface area contributed by atoms with E-state index in [1.165, 1.54) is 18.3 Å². The van der Waals surface area contributed by atoms with Crippen molar-refractivity contribution in [2.45, 2.75) is 24.7 Å². The highest BCUT2D eigenvalue weighted by molar-refractivity contribution is 6.31. The number of amides is 1. The summed E-state index contributed by atoms with van der Waals surface area (Å²) in [5.41, 5.74) is 0.988. The predicted octanol–water partition coefficient (Wildman–Crippen LogP) is 3.07. The highest BCUT2D eigenvalue weighted by atomic mass is 35.5. The number of hydrogen-bond donors (Lipinski definition) is 2. The highest BCUT2D eigenvalue weighted by Crippen LogP contribution is 2.34. The Hall–Kier alpha value is -2.99. The van der Waals surface area contributed by atoms with Gasteiger partial charge in [-0.3, -0.25) is 4.79 Å². The average molecular weight is 521 g/mol. The van der Waals surface area contributed by atoms with Crippen molar-refractivity contribution in [3.8, 4) is 5.88 Å². The third kappa shape index (κ3) is 6.04. The minimum absolute atomic E-state index is 0.000808. The average Bonchev–Trinajstić information content (AvgIpc) is 3.46. The number of halogens is 2. The van der Waals surface area contributed by atoms with Gasteiger partial charge >= 0.3 is 0 Å². The summed E-state index contributed by atoms with van der Waals surface area (Å²) >= 11 is 6.26. The van der Waals surface area contributed by atoms with Crippen LogP contribution in [-0.4, -0.2) is 86.5 Å². The number of likely N-dealkylation sites (N-methyl/N-ethyl adjacent to an activating group) is 2. The summed E-state index contributed by atoms with van der Waals surface area (Å²) in [5, 5.41) is 5.80. The summed E-state index contributed by atoms with van der Waals surface area (Å²) in [6, 6.07) is 2.83. The molecular formula is C24H30ClFN6O4. The van der Waals surface area contributed by atoms with Crippen LogP contribution in [0.2, 0.25) is 5.02 Å². The Morgan fingerprint density at radius 1 is 1.31 bits per heavy atom. The minimum atomic E-state index is -0.550. The van der Waals surface area contributed by atoms with E-state index >= 15 is 4.39 Å². The van der Waals surface area contributed by atoms with E-state index in [0.717, 1.165) is 19.0 Å². The summed E-state index contributed by atoms with van der Waals surface area (Å²) in [6.45, 7) is 5.83. The van der Waals surface area contributed by atoms with Gasteiger partial charge in [-0.1, -0.05) is 18.2 Å². The van der Waals surface area contributed by atoms with Crippen molar-refractivity contribution < 1.29 is 23.4 Å². The van der Waals surface area contributed by atoms with Crippen molar-refractivity contribution >= 4 is 40.5 Å². The summed E-state index contributed by atoms with van der Waals surface area (Å²) in [5.74, 6) is -0.754. The molecule has 0 unspecified atom stereocenters. The van der Waals surface area contributed by atoms with Gasteiger partial charge in [-0.05, 0) is 32.7 Å². The van der Waals surface area contributed by atoms with Crippen LogP contribution in [0.5, 0.6) is 5.88 Å². The number of hydrogen-bond acceptors (Lipinski definition) is 9. The van der Waals surface area contributed by atoms with Crippen LogP contribution in [0.1, 0.15) is 6.42 Å². The van der Waals surface area contributed by atoms with Crippen molar-refractivity contribution in [2.24, 2.45) is 0 Å². The van der Waals surface area contributed by atoms with E-state index in [-0.39, 0.29) is 40.9 Å². The standard InChI is InChI=1S/C24H30ClFN6O4/c1-5-21(33)28-17-11-16(15(26)10-18(17)32(4)8-7-31(2)3)29-24-27-12-14(25)23(30-24)36-20-13-35-19-6-9-34-22(19)20/h5,10-12,19-20,22H,1,6-9,13H2,2-4H3,(H,28,33)(H,27,29,30)/t19-,20-,22+/m0/s1. The largest absolute Gasteiger partial charge is 0.468 e. The normalized spacial score (nSPS) is 20.8. The van der Waals surface area contributed by atoms with E-state index in [2.05, 4.69) is 27.2 Å². The lowest BCUT2D eigenvalue weighted by atomic mass is 10.1. The van der Waals surface area contributed by atoms with E-state index in [4.69, 9.17) is 25.8 Å². The number of benzene rings is 1. The zero-order valence-electron chi connectivity index (χ0n) is 20.5. The fourth-order valence-corrected chi connectivity index (χ4v) is 4.15. The molecule has 0 saturated carbocycles. The topological polar surface area (TPSA) is 101 Å². The molecule has 10 nitrogen and oxygen atoms in total. The summed E-state index contributed by atoms with van der Waals surface area (Å²) < 4.78 is 32.6. The minimum Gasteiger partial charge on any atom is -0.468 e. The molecule has 0 bridgehead atoms. The van der Waals surface area contributed by atoms with E-state index < -0.39 is 11.7 Å². The second kappa shape index (κ2) is 11.4. The number of aromatic nitrogens is 2. The van der Waals surface area contributed by atoms with Crippen LogP contribution in [0.25, 0.3) is 0 Å². The van der Waals surface area contributed by atoms with Crippen LogP contribution < -0.4 is 20.3 Å². The number of ether oxygens (including phenoxy) is 3. The predicted molar refractivity (Wildman–Crippen MR) is 136 cm³/mol. The Kier molecular flexibility index (Phi) is 8.24. The van der Waals surface area contributed by atoms with Gasteiger partial charge in [0, 0.05) is 32.8 Å². The van der Waals surface area contributed by atoms with Crippen molar-refractivity contribution in [3.63, 3.8) is 0 Å². The molecule has 3 heterocycles. The maximum atomic E-state index is 15.2. The first-order valence-corrected chi connectivity index (χ1v) is 11.9. The molecule has 0 spiro atoms. The Morgan fingerprint density at radius 3 is 2.86 bits per heavy atom. The molecule has 194 valence electrons. The van der Waals surface area contributed by atoms with E-state index in [9.17, 15) is 4.79 Å². The monoisotopic (exact) mass is 520 g/mol. The Bertz CT molecular complexity index is 1120. The second-order valence-corrected chi connectivity index (χ2v) is 9.30. The fraction of sp³-hybridized carbons (Fsp3) is 0.458. The number of anilines is 4. The molecule has 3 atom stereocenters.